The lowest BCUT2D eigenvalue weighted by Crippen LogP contribution is -2.13. The molecule has 2 rings (SSSR count). The summed E-state index contributed by atoms with van der Waals surface area (Å²) in [7, 11) is -2.21. The second-order valence-electron chi connectivity index (χ2n) is 3.90. The molecule has 4 nitrogen and oxygen atoms in total. The number of hydrogen-bond acceptors (Lipinski definition) is 3. The first-order valence-electron chi connectivity index (χ1n) is 5.54. The number of anilines is 1. The maximum atomic E-state index is 12.3. The molecule has 2 aromatic carbocycles. The van der Waals surface area contributed by atoms with Gasteiger partial charge in [0.2, 0.25) is 0 Å². The molecule has 1 N–H and O–H groups in total. The lowest BCUT2D eigenvalue weighted by molar-refractivity contribution is 0.417. The Labute approximate surface area is 130 Å². The molecule has 0 atom stereocenters. The summed E-state index contributed by atoms with van der Waals surface area (Å²) in [6, 6.07) is 11.0. The molecule has 0 aromatic heterocycles. The van der Waals surface area contributed by atoms with Crippen molar-refractivity contribution in [2.45, 2.75) is 4.90 Å². The highest BCUT2D eigenvalue weighted by molar-refractivity contribution is 9.10. The Morgan fingerprint density at radius 3 is 2.40 bits per heavy atom. The van der Waals surface area contributed by atoms with Crippen LogP contribution < -0.4 is 9.46 Å². The molecule has 0 unspecified atom stereocenters. The van der Waals surface area contributed by atoms with Crippen LogP contribution in [-0.4, -0.2) is 15.5 Å². The Morgan fingerprint density at radius 2 is 1.80 bits per heavy atom. The van der Waals surface area contributed by atoms with Crippen molar-refractivity contribution in [2.24, 2.45) is 0 Å². The zero-order valence-corrected chi connectivity index (χ0v) is 13.6. The molecular weight excluding hydrogens is 366 g/mol. The van der Waals surface area contributed by atoms with E-state index in [2.05, 4.69) is 20.7 Å². The van der Waals surface area contributed by atoms with E-state index in [0.29, 0.717) is 16.5 Å². The zero-order valence-electron chi connectivity index (χ0n) is 10.4. The van der Waals surface area contributed by atoms with Crippen molar-refractivity contribution < 1.29 is 13.2 Å². The van der Waals surface area contributed by atoms with Crippen LogP contribution in [0.3, 0.4) is 0 Å². The molecule has 7 heteroatoms. The molecular formula is C13H11BrClNO3S. The fraction of sp³-hybridized carbons (Fsp3) is 0.0769. The van der Waals surface area contributed by atoms with Gasteiger partial charge in [0.15, 0.2) is 0 Å². The van der Waals surface area contributed by atoms with E-state index in [1.165, 1.54) is 31.4 Å². The van der Waals surface area contributed by atoms with Crippen LogP contribution in [0, 0.1) is 0 Å². The van der Waals surface area contributed by atoms with Crippen molar-refractivity contribution in [3.63, 3.8) is 0 Å². The molecule has 0 aliphatic rings. The predicted octanol–water partition coefficient (Wildman–Crippen LogP) is 3.91. The van der Waals surface area contributed by atoms with Crippen LogP contribution in [0.15, 0.2) is 51.8 Å². The van der Waals surface area contributed by atoms with E-state index >= 15 is 0 Å². The van der Waals surface area contributed by atoms with Crippen LogP contribution in [0.1, 0.15) is 0 Å². The Kier molecular flexibility index (Phi) is 4.57. The summed E-state index contributed by atoms with van der Waals surface area (Å²) in [5, 5.41) is 0.476. The van der Waals surface area contributed by atoms with Crippen molar-refractivity contribution in [2.75, 3.05) is 11.8 Å². The Hall–Kier alpha value is -1.24. The van der Waals surface area contributed by atoms with E-state index in [9.17, 15) is 8.42 Å². The highest BCUT2D eigenvalue weighted by atomic mass is 79.9. The number of rotatable bonds is 4. The predicted molar refractivity (Wildman–Crippen MR) is 83.0 cm³/mol. The first-order valence-corrected chi connectivity index (χ1v) is 8.20. The number of benzene rings is 2. The van der Waals surface area contributed by atoms with E-state index in [1.54, 1.807) is 18.2 Å². The minimum atomic E-state index is -3.69. The zero-order chi connectivity index (χ0) is 14.8. The van der Waals surface area contributed by atoms with Gasteiger partial charge in [-0.05, 0) is 42.5 Å². The number of methoxy groups -OCH3 is 1. The minimum absolute atomic E-state index is 0.129. The normalized spacial score (nSPS) is 11.2. The van der Waals surface area contributed by atoms with Crippen LogP contribution in [-0.2, 0) is 10.0 Å². The third-order valence-corrected chi connectivity index (χ3v) is 4.66. The fourth-order valence-electron chi connectivity index (χ4n) is 1.58. The van der Waals surface area contributed by atoms with Crippen LogP contribution in [0.4, 0.5) is 5.69 Å². The lowest BCUT2D eigenvalue weighted by atomic mass is 10.3. The van der Waals surface area contributed by atoms with E-state index in [1.807, 2.05) is 0 Å². The molecule has 0 amide bonds. The molecule has 0 aliphatic heterocycles. The minimum Gasteiger partial charge on any atom is -0.495 e. The maximum absolute atomic E-state index is 12.3. The summed E-state index contributed by atoms with van der Waals surface area (Å²) in [5.74, 6) is 0.436. The highest BCUT2D eigenvalue weighted by Crippen LogP contribution is 2.30. The largest absolute Gasteiger partial charge is 0.495 e. The van der Waals surface area contributed by atoms with Gasteiger partial charge < -0.3 is 4.74 Å². The molecule has 2 aromatic rings. The van der Waals surface area contributed by atoms with Gasteiger partial charge in [0, 0.05) is 9.50 Å². The molecule has 106 valence electrons. The van der Waals surface area contributed by atoms with Crippen molar-refractivity contribution in [3.8, 4) is 5.75 Å². The van der Waals surface area contributed by atoms with Gasteiger partial charge in [-0.1, -0.05) is 27.5 Å². The Morgan fingerprint density at radius 1 is 1.15 bits per heavy atom. The molecule has 0 fully saturated rings. The second kappa shape index (κ2) is 6.03. The molecule has 0 aliphatic carbocycles. The highest BCUT2D eigenvalue weighted by Gasteiger charge is 2.16. The van der Waals surface area contributed by atoms with Crippen LogP contribution in [0.25, 0.3) is 0 Å². The van der Waals surface area contributed by atoms with Gasteiger partial charge >= 0.3 is 0 Å². The van der Waals surface area contributed by atoms with Crippen molar-refractivity contribution in [3.05, 3.63) is 52.0 Å². The van der Waals surface area contributed by atoms with Crippen molar-refractivity contribution in [1.82, 2.24) is 0 Å². The van der Waals surface area contributed by atoms with E-state index in [4.69, 9.17) is 16.3 Å². The first kappa shape index (κ1) is 15.2. The standard InChI is InChI=1S/C13H11BrClNO3S/c1-19-13-7-2-9(14)8-12(13)16-20(17,18)11-5-3-10(15)4-6-11/h2-8,16H,1H3. The van der Waals surface area contributed by atoms with Gasteiger partial charge in [-0.2, -0.15) is 0 Å². The molecule has 0 saturated heterocycles. The van der Waals surface area contributed by atoms with E-state index in [-0.39, 0.29) is 4.90 Å². The summed E-state index contributed by atoms with van der Waals surface area (Å²) in [6.07, 6.45) is 0. The smallest absolute Gasteiger partial charge is 0.262 e. The van der Waals surface area contributed by atoms with Crippen LogP contribution in [0.2, 0.25) is 5.02 Å². The topological polar surface area (TPSA) is 55.4 Å². The Balaban J connectivity index is 2.37. The molecule has 0 radical (unpaired) electrons. The molecule has 0 heterocycles. The molecule has 0 bridgehead atoms. The molecule has 0 saturated carbocycles. The maximum Gasteiger partial charge on any atom is 0.262 e. The molecule has 20 heavy (non-hydrogen) atoms. The van der Waals surface area contributed by atoms with Crippen LogP contribution in [0.5, 0.6) is 5.75 Å². The fourth-order valence-corrected chi connectivity index (χ4v) is 3.13. The Bertz CT molecular complexity index is 717. The SMILES string of the molecule is COc1ccc(Br)cc1NS(=O)(=O)c1ccc(Cl)cc1. The van der Waals surface area contributed by atoms with Gasteiger partial charge in [-0.15, -0.1) is 0 Å². The summed E-state index contributed by atoms with van der Waals surface area (Å²) >= 11 is 9.04. The number of ether oxygens (including phenoxy) is 1. The lowest BCUT2D eigenvalue weighted by Gasteiger charge is -2.12. The third kappa shape index (κ3) is 3.45. The van der Waals surface area contributed by atoms with Gasteiger partial charge in [-0.3, -0.25) is 4.72 Å². The average Bonchev–Trinajstić information content (AvgIpc) is 2.39. The van der Waals surface area contributed by atoms with Crippen LogP contribution >= 0.6 is 27.5 Å². The average molecular weight is 377 g/mol. The molecule has 0 spiro atoms. The number of halogens is 2. The van der Waals surface area contributed by atoms with Gasteiger partial charge in [0.1, 0.15) is 5.75 Å². The summed E-state index contributed by atoms with van der Waals surface area (Å²) in [5.41, 5.74) is 0.358. The monoisotopic (exact) mass is 375 g/mol. The van der Waals surface area contributed by atoms with Crippen molar-refractivity contribution in [1.29, 1.82) is 0 Å². The number of nitrogens with one attached hydrogen (secondary N) is 1. The summed E-state index contributed by atoms with van der Waals surface area (Å²) in [4.78, 5) is 0.129. The number of hydrogen-bond donors (Lipinski definition) is 1. The summed E-state index contributed by atoms with van der Waals surface area (Å²) in [6.45, 7) is 0. The van der Waals surface area contributed by atoms with Crippen molar-refractivity contribution >= 4 is 43.2 Å². The van der Waals surface area contributed by atoms with Gasteiger partial charge in [0.05, 0.1) is 17.7 Å². The van der Waals surface area contributed by atoms with E-state index in [0.717, 1.165) is 4.47 Å². The first-order chi connectivity index (χ1) is 9.42. The van der Waals surface area contributed by atoms with E-state index < -0.39 is 10.0 Å². The van der Waals surface area contributed by atoms with Gasteiger partial charge in [0.25, 0.3) is 10.0 Å². The third-order valence-electron chi connectivity index (χ3n) is 2.53. The van der Waals surface area contributed by atoms with Gasteiger partial charge in [-0.25, -0.2) is 8.42 Å². The summed E-state index contributed by atoms with van der Waals surface area (Å²) < 4.78 is 32.9. The quantitative estimate of drug-likeness (QED) is 0.880. The second-order valence-corrected chi connectivity index (χ2v) is 6.94. The number of sulfonamides is 1.